The third kappa shape index (κ3) is 5.23. The van der Waals surface area contributed by atoms with Gasteiger partial charge in [-0.1, -0.05) is 23.2 Å². The van der Waals surface area contributed by atoms with E-state index in [4.69, 9.17) is 38.4 Å². The van der Waals surface area contributed by atoms with E-state index in [0.29, 0.717) is 36.0 Å². The van der Waals surface area contributed by atoms with E-state index >= 15 is 0 Å². The molecule has 1 aliphatic rings. The lowest BCUT2D eigenvalue weighted by Gasteiger charge is -2.38. The van der Waals surface area contributed by atoms with Crippen LogP contribution in [0, 0.1) is 6.92 Å². The number of nitrogens with one attached hydrogen (secondary N) is 2. The Bertz CT molecular complexity index is 1070. The van der Waals surface area contributed by atoms with Crippen molar-refractivity contribution in [3.05, 3.63) is 44.8 Å². The first-order valence-electron chi connectivity index (χ1n) is 10.3. The van der Waals surface area contributed by atoms with Gasteiger partial charge in [0.25, 0.3) is 11.8 Å². The molecule has 2 aromatic heterocycles. The van der Waals surface area contributed by atoms with Crippen molar-refractivity contribution in [2.45, 2.75) is 32.4 Å². The Morgan fingerprint density at radius 3 is 2.61 bits per heavy atom. The Labute approximate surface area is 200 Å². The van der Waals surface area contributed by atoms with Crippen LogP contribution < -0.4 is 16.0 Å². The lowest BCUT2D eigenvalue weighted by Crippen LogP contribution is -2.55. The highest BCUT2D eigenvalue weighted by Gasteiger charge is 2.33. The summed E-state index contributed by atoms with van der Waals surface area (Å²) in [6, 6.07) is 1.18. The second kappa shape index (κ2) is 10.4. The Morgan fingerprint density at radius 2 is 2.03 bits per heavy atom. The summed E-state index contributed by atoms with van der Waals surface area (Å²) in [5, 5.41) is 3.42. The predicted molar refractivity (Wildman–Crippen MR) is 123 cm³/mol. The zero-order chi connectivity index (χ0) is 24.3. The average molecular weight is 498 g/mol. The minimum Gasteiger partial charge on any atom is -0.462 e. The fourth-order valence-electron chi connectivity index (χ4n) is 3.69. The minimum atomic E-state index is -0.772. The van der Waals surface area contributed by atoms with Crippen molar-refractivity contribution in [1.82, 2.24) is 15.3 Å². The molecule has 2 amide bonds. The van der Waals surface area contributed by atoms with Crippen LogP contribution in [0.3, 0.4) is 0 Å². The van der Waals surface area contributed by atoms with Gasteiger partial charge in [-0.05, 0) is 26.3 Å². The van der Waals surface area contributed by atoms with Gasteiger partial charge in [-0.15, -0.1) is 0 Å². The number of piperidine rings is 1. The summed E-state index contributed by atoms with van der Waals surface area (Å²) in [7, 11) is 1.55. The number of rotatable bonds is 7. The second-order valence-corrected chi connectivity index (χ2v) is 8.27. The van der Waals surface area contributed by atoms with Crippen LogP contribution in [0.4, 0.5) is 5.82 Å². The Morgan fingerprint density at radius 1 is 1.30 bits per heavy atom. The normalized spacial score (nSPS) is 18.2. The third-order valence-corrected chi connectivity index (χ3v) is 6.38. The molecule has 1 aliphatic heterocycles. The first-order chi connectivity index (χ1) is 15.7. The summed E-state index contributed by atoms with van der Waals surface area (Å²) in [6.45, 7) is 4.44. The summed E-state index contributed by atoms with van der Waals surface area (Å²) < 4.78 is 10.6. The first kappa shape index (κ1) is 24.8. The molecule has 0 bridgehead atoms. The molecule has 33 heavy (non-hydrogen) atoms. The highest BCUT2D eigenvalue weighted by molar-refractivity contribution is 6.44. The number of anilines is 1. The van der Waals surface area contributed by atoms with E-state index in [-0.39, 0.29) is 46.5 Å². The number of nitrogens with zero attached hydrogens (tertiary/aromatic N) is 2. The lowest BCUT2D eigenvalue weighted by molar-refractivity contribution is 0.0519. The number of hydrogen-bond acceptors (Lipinski definition) is 7. The maximum absolute atomic E-state index is 12.7. The lowest BCUT2D eigenvalue weighted by atomic mass is 10.0. The van der Waals surface area contributed by atoms with Crippen molar-refractivity contribution in [3.8, 4) is 0 Å². The number of nitrogens with two attached hydrogens (primary N) is 1. The molecule has 10 nitrogen and oxygen atoms in total. The number of carbonyl (C=O) groups is 3. The second-order valence-electron chi connectivity index (χ2n) is 7.51. The maximum atomic E-state index is 12.7. The minimum absolute atomic E-state index is 0.0144. The van der Waals surface area contributed by atoms with Crippen LogP contribution in [-0.4, -0.2) is 66.7 Å². The highest BCUT2D eigenvalue weighted by Crippen LogP contribution is 2.29. The molecule has 1 fully saturated rings. The summed E-state index contributed by atoms with van der Waals surface area (Å²) in [5.74, 6) is -1.35. The van der Waals surface area contributed by atoms with E-state index < -0.39 is 11.9 Å². The topological polar surface area (TPSA) is 140 Å². The van der Waals surface area contributed by atoms with Gasteiger partial charge in [-0.2, -0.15) is 0 Å². The maximum Gasteiger partial charge on any atom is 0.339 e. The first-order valence-corrected chi connectivity index (χ1v) is 11.0. The summed E-state index contributed by atoms with van der Waals surface area (Å²) in [6.07, 6.45) is 1.42. The molecule has 178 valence electrons. The van der Waals surface area contributed by atoms with Crippen LogP contribution in [-0.2, 0) is 9.47 Å². The monoisotopic (exact) mass is 497 g/mol. The fourth-order valence-corrected chi connectivity index (χ4v) is 4.11. The number of ether oxygens (including phenoxy) is 2. The summed E-state index contributed by atoms with van der Waals surface area (Å²) in [4.78, 5) is 45.8. The highest BCUT2D eigenvalue weighted by atomic mass is 35.5. The molecule has 12 heteroatoms. The van der Waals surface area contributed by atoms with Gasteiger partial charge in [0.05, 0.1) is 39.9 Å². The molecule has 0 aromatic carbocycles. The van der Waals surface area contributed by atoms with Gasteiger partial charge in [-0.25, -0.2) is 9.78 Å². The van der Waals surface area contributed by atoms with E-state index in [2.05, 4.69) is 15.3 Å². The Kier molecular flexibility index (Phi) is 7.83. The van der Waals surface area contributed by atoms with Crippen molar-refractivity contribution in [2.24, 2.45) is 5.73 Å². The van der Waals surface area contributed by atoms with Crippen molar-refractivity contribution in [3.63, 3.8) is 0 Å². The molecule has 2 aromatic rings. The number of aromatic nitrogens is 2. The Hall–Kier alpha value is -2.82. The quantitative estimate of drug-likeness (QED) is 0.498. The molecular formula is C21H25Cl2N5O5. The molecule has 0 radical (unpaired) electrons. The zero-order valence-corrected chi connectivity index (χ0v) is 19.9. The molecule has 4 N–H and O–H groups in total. The largest absolute Gasteiger partial charge is 0.462 e. The summed E-state index contributed by atoms with van der Waals surface area (Å²) in [5.41, 5.74) is 6.21. The van der Waals surface area contributed by atoms with Gasteiger partial charge in [-0.3, -0.25) is 9.59 Å². The van der Waals surface area contributed by atoms with Gasteiger partial charge < -0.3 is 30.4 Å². The van der Waals surface area contributed by atoms with Crippen molar-refractivity contribution in [2.75, 3.05) is 31.7 Å². The molecule has 0 spiro atoms. The third-order valence-electron chi connectivity index (χ3n) is 5.43. The van der Waals surface area contributed by atoms with Gasteiger partial charge in [0, 0.05) is 32.1 Å². The van der Waals surface area contributed by atoms with Crippen LogP contribution in [0.15, 0.2) is 12.3 Å². The molecular weight excluding hydrogens is 473 g/mol. The van der Waals surface area contributed by atoms with E-state index in [1.807, 2.05) is 4.90 Å². The molecule has 3 heterocycles. The van der Waals surface area contributed by atoms with Crippen LogP contribution >= 0.6 is 23.2 Å². The molecule has 3 rings (SSSR count). The standard InChI is InChI=1S/C21H25Cl2N5O5/c1-4-33-21(31)11-7-15(25-8-12(11)19(24)29)28-6-5-13(14(9-28)32-3)27-20(30)18-17(23)16(22)10(2)26-18/h7-8,13-14,26H,4-6,9H2,1-3H3,(H2,24,29)(H,27,30)/t13-,14+/m0/s1. The SMILES string of the molecule is CCOC(=O)c1cc(N2CC[C@H](NC(=O)c3[nH]c(C)c(Cl)c3Cl)[C@H](OC)C2)ncc1C(N)=O. The van der Waals surface area contributed by atoms with Crippen LogP contribution in [0.2, 0.25) is 10.0 Å². The number of hydrogen-bond donors (Lipinski definition) is 3. The van der Waals surface area contributed by atoms with E-state index in [1.54, 1.807) is 21.0 Å². The molecule has 1 saturated heterocycles. The number of methoxy groups -OCH3 is 1. The fraction of sp³-hybridized carbons (Fsp3) is 0.429. The number of amides is 2. The van der Waals surface area contributed by atoms with Gasteiger partial charge in [0.2, 0.25) is 0 Å². The number of carbonyl (C=O) groups excluding carboxylic acids is 3. The van der Waals surface area contributed by atoms with Crippen molar-refractivity contribution < 1.29 is 23.9 Å². The number of halogens is 2. The molecule has 0 unspecified atom stereocenters. The molecule has 0 aliphatic carbocycles. The smallest absolute Gasteiger partial charge is 0.339 e. The van der Waals surface area contributed by atoms with Crippen LogP contribution in [0.1, 0.15) is 50.2 Å². The van der Waals surface area contributed by atoms with Gasteiger partial charge in [0.1, 0.15) is 11.5 Å². The predicted octanol–water partition coefficient (Wildman–Crippen LogP) is 2.32. The molecule has 2 atom stereocenters. The van der Waals surface area contributed by atoms with E-state index in [0.717, 1.165) is 0 Å². The van der Waals surface area contributed by atoms with Gasteiger partial charge >= 0.3 is 5.97 Å². The number of primary amides is 1. The number of aryl methyl sites for hydroxylation is 1. The number of pyridine rings is 1. The number of esters is 1. The number of H-pyrrole nitrogens is 1. The van der Waals surface area contributed by atoms with Crippen LogP contribution in [0.5, 0.6) is 0 Å². The van der Waals surface area contributed by atoms with E-state index in [1.165, 1.54) is 12.3 Å². The van der Waals surface area contributed by atoms with E-state index in [9.17, 15) is 14.4 Å². The van der Waals surface area contributed by atoms with Gasteiger partial charge in [0.15, 0.2) is 0 Å². The molecule has 0 saturated carbocycles. The zero-order valence-electron chi connectivity index (χ0n) is 18.4. The average Bonchev–Trinajstić information content (AvgIpc) is 3.06. The summed E-state index contributed by atoms with van der Waals surface area (Å²) >= 11 is 12.2. The van der Waals surface area contributed by atoms with Crippen molar-refractivity contribution in [1.29, 1.82) is 0 Å². The van der Waals surface area contributed by atoms with Crippen LogP contribution in [0.25, 0.3) is 0 Å². The Balaban J connectivity index is 1.77. The van der Waals surface area contributed by atoms with Crippen molar-refractivity contribution >= 4 is 46.8 Å². The number of aromatic amines is 1.